The minimum atomic E-state index is -0.353. The second-order valence-electron chi connectivity index (χ2n) is 7.47. The van der Waals surface area contributed by atoms with Gasteiger partial charge in [0.05, 0.1) is 12.8 Å². The first kappa shape index (κ1) is 22.1. The van der Waals surface area contributed by atoms with Crippen molar-refractivity contribution in [3.05, 3.63) is 90.1 Å². The topological polar surface area (TPSA) is 65.8 Å². The Morgan fingerprint density at radius 1 is 0.968 bits per heavy atom. The molecule has 0 spiro atoms. The van der Waals surface area contributed by atoms with Gasteiger partial charge in [-0.2, -0.15) is 0 Å². The summed E-state index contributed by atoms with van der Waals surface area (Å²) >= 11 is 0. The first-order valence-corrected chi connectivity index (χ1v) is 10.1. The minimum Gasteiger partial charge on any atom is -0.467 e. The molecule has 2 aromatic carbocycles. The lowest BCUT2D eigenvalue weighted by Crippen LogP contribution is -2.47. The molecule has 31 heavy (non-hydrogen) atoms. The van der Waals surface area contributed by atoms with Crippen LogP contribution >= 0.6 is 0 Å². The molecule has 0 fully saturated rings. The molecule has 0 bridgehead atoms. The maximum atomic E-state index is 13.3. The van der Waals surface area contributed by atoms with Gasteiger partial charge < -0.3 is 19.5 Å². The van der Waals surface area contributed by atoms with Gasteiger partial charge in [0, 0.05) is 18.3 Å². The quantitative estimate of drug-likeness (QED) is 0.561. The molecule has 3 rings (SSSR count). The molecular weight excluding hydrogens is 397 g/mol. The smallest absolute Gasteiger partial charge is 0.322 e. The van der Waals surface area contributed by atoms with Gasteiger partial charge in [-0.05, 0) is 55.8 Å². The number of urea groups is 1. The number of rotatable bonds is 8. The summed E-state index contributed by atoms with van der Waals surface area (Å²) in [6, 6.07) is 18.1. The van der Waals surface area contributed by atoms with Gasteiger partial charge >= 0.3 is 6.03 Å². The van der Waals surface area contributed by atoms with E-state index in [1.54, 1.807) is 47.6 Å². The first-order valence-electron chi connectivity index (χ1n) is 10.1. The maximum absolute atomic E-state index is 13.3. The second-order valence-corrected chi connectivity index (χ2v) is 7.47. The number of halogens is 1. The average Bonchev–Trinajstić information content (AvgIpc) is 3.26. The van der Waals surface area contributed by atoms with E-state index in [0.29, 0.717) is 11.4 Å². The molecule has 0 aliphatic rings. The summed E-state index contributed by atoms with van der Waals surface area (Å²) in [5, 5.41) is 2.83. The van der Waals surface area contributed by atoms with E-state index >= 15 is 0 Å². The summed E-state index contributed by atoms with van der Waals surface area (Å²) in [5.41, 5.74) is 1.44. The van der Waals surface area contributed by atoms with Crippen molar-refractivity contribution >= 4 is 17.6 Å². The maximum Gasteiger partial charge on any atom is 0.322 e. The summed E-state index contributed by atoms with van der Waals surface area (Å²) in [5.74, 6) is 0.0501. The highest BCUT2D eigenvalue weighted by molar-refractivity contribution is 5.92. The molecule has 1 heterocycles. The van der Waals surface area contributed by atoms with Crippen LogP contribution in [-0.4, -0.2) is 34.3 Å². The lowest BCUT2D eigenvalue weighted by Gasteiger charge is -2.30. The van der Waals surface area contributed by atoms with Crippen LogP contribution in [0.25, 0.3) is 0 Å². The zero-order valence-corrected chi connectivity index (χ0v) is 17.6. The first-order chi connectivity index (χ1) is 14.9. The van der Waals surface area contributed by atoms with Crippen LogP contribution in [0.5, 0.6) is 0 Å². The zero-order valence-electron chi connectivity index (χ0n) is 17.6. The summed E-state index contributed by atoms with van der Waals surface area (Å²) < 4.78 is 18.7. The summed E-state index contributed by atoms with van der Waals surface area (Å²) in [6.45, 7) is 4.13. The monoisotopic (exact) mass is 423 g/mol. The Labute approximate surface area is 181 Å². The average molecular weight is 423 g/mol. The third-order valence-electron chi connectivity index (χ3n) is 4.78. The molecule has 3 aromatic rings. The highest BCUT2D eigenvalue weighted by Crippen LogP contribution is 2.14. The van der Waals surface area contributed by atoms with Crippen molar-refractivity contribution in [2.75, 3.05) is 11.9 Å². The van der Waals surface area contributed by atoms with Crippen LogP contribution < -0.4 is 5.32 Å². The Hall–Kier alpha value is -3.61. The van der Waals surface area contributed by atoms with E-state index in [4.69, 9.17) is 4.42 Å². The van der Waals surface area contributed by atoms with Crippen molar-refractivity contribution in [1.82, 2.24) is 9.80 Å². The number of carbonyl (C=O) groups excluding carboxylic acids is 2. The Morgan fingerprint density at radius 3 is 2.29 bits per heavy atom. The van der Waals surface area contributed by atoms with Crippen LogP contribution in [0, 0.1) is 5.82 Å². The SMILES string of the molecule is CC(C)N(CC(=O)N(Cc1ccc(F)cc1)Cc1ccco1)C(=O)Nc1ccccc1. The van der Waals surface area contributed by atoms with Crippen molar-refractivity contribution in [2.24, 2.45) is 0 Å². The number of nitrogens with one attached hydrogen (secondary N) is 1. The van der Waals surface area contributed by atoms with E-state index in [1.165, 1.54) is 17.0 Å². The summed E-state index contributed by atoms with van der Waals surface area (Å²) in [6.07, 6.45) is 1.55. The van der Waals surface area contributed by atoms with Gasteiger partial charge in [-0.3, -0.25) is 4.79 Å². The van der Waals surface area contributed by atoms with Gasteiger partial charge in [-0.1, -0.05) is 30.3 Å². The van der Waals surface area contributed by atoms with Gasteiger partial charge in [-0.15, -0.1) is 0 Å². The van der Waals surface area contributed by atoms with Crippen molar-refractivity contribution < 1.29 is 18.4 Å². The molecule has 0 saturated carbocycles. The third-order valence-corrected chi connectivity index (χ3v) is 4.78. The van der Waals surface area contributed by atoms with Gasteiger partial charge in [0.1, 0.15) is 18.1 Å². The molecule has 0 aliphatic heterocycles. The van der Waals surface area contributed by atoms with Gasteiger partial charge in [0.15, 0.2) is 0 Å². The predicted octanol–water partition coefficient (Wildman–Crippen LogP) is 4.89. The molecule has 0 saturated heterocycles. The normalized spacial score (nSPS) is 10.7. The van der Waals surface area contributed by atoms with E-state index in [2.05, 4.69) is 5.32 Å². The Morgan fingerprint density at radius 2 is 1.68 bits per heavy atom. The van der Waals surface area contributed by atoms with Crippen LogP contribution in [0.2, 0.25) is 0 Å². The van der Waals surface area contributed by atoms with Crippen molar-refractivity contribution in [3.63, 3.8) is 0 Å². The minimum absolute atomic E-state index is 0.0990. The van der Waals surface area contributed by atoms with Crippen molar-refractivity contribution in [2.45, 2.75) is 33.0 Å². The molecule has 7 heteroatoms. The summed E-state index contributed by atoms with van der Waals surface area (Å²) in [4.78, 5) is 29.1. The van der Waals surface area contributed by atoms with Crippen LogP contribution in [-0.2, 0) is 17.9 Å². The van der Waals surface area contributed by atoms with E-state index in [-0.39, 0.29) is 43.4 Å². The van der Waals surface area contributed by atoms with Crippen LogP contribution in [0.1, 0.15) is 25.2 Å². The largest absolute Gasteiger partial charge is 0.467 e. The van der Waals surface area contributed by atoms with Gasteiger partial charge in [0.2, 0.25) is 5.91 Å². The fourth-order valence-corrected chi connectivity index (χ4v) is 3.08. The third kappa shape index (κ3) is 6.44. The molecule has 0 unspecified atom stereocenters. The van der Waals surface area contributed by atoms with E-state index in [0.717, 1.165) is 5.56 Å². The number of benzene rings is 2. The standard InChI is InChI=1S/C24H26FN3O3/c1-18(2)28(24(30)26-21-7-4-3-5-8-21)17-23(29)27(16-22-9-6-14-31-22)15-19-10-12-20(25)13-11-19/h3-14,18H,15-17H2,1-2H3,(H,26,30). The van der Waals surface area contributed by atoms with E-state index in [1.807, 2.05) is 32.0 Å². The number of carbonyl (C=O) groups is 2. The van der Waals surface area contributed by atoms with Crippen LogP contribution in [0.15, 0.2) is 77.4 Å². The molecule has 1 aromatic heterocycles. The zero-order chi connectivity index (χ0) is 22.2. The number of hydrogen-bond acceptors (Lipinski definition) is 3. The second kappa shape index (κ2) is 10.4. The fraction of sp³-hybridized carbons (Fsp3) is 0.250. The number of hydrogen-bond donors (Lipinski definition) is 1. The molecule has 3 amide bonds. The van der Waals surface area contributed by atoms with E-state index < -0.39 is 0 Å². The Balaban J connectivity index is 1.74. The lowest BCUT2D eigenvalue weighted by atomic mass is 10.2. The molecule has 1 N–H and O–H groups in total. The van der Waals surface area contributed by atoms with Crippen LogP contribution in [0.4, 0.5) is 14.9 Å². The Bertz CT molecular complexity index is 973. The fourth-order valence-electron chi connectivity index (χ4n) is 3.08. The van der Waals surface area contributed by atoms with E-state index in [9.17, 15) is 14.0 Å². The number of anilines is 1. The molecule has 0 atom stereocenters. The molecule has 162 valence electrons. The summed E-state index contributed by atoms with van der Waals surface area (Å²) in [7, 11) is 0. The van der Waals surface area contributed by atoms with Gasteiger partial charge in [-0.25, -0.2) is 9.18 Å². The number of nitrogens with zero attached hydrogens (tertiary/aromatic N) is 2. The molecule has 0 aliphatic carbocycles. The molecule has 0 radical (unpaired) electrons. The predicted molar refractivity (Wildman–Crippen MR) is 117 cm³/mol. The Kier molecular flexibility index (Phi) is 7.43. The number of amides is 3. The van der Waals surface area contributed by atoms with Crippen molar-refractivity contribution in [1.29, 1.82) is 0 Å². The highest BCUT2D eigenvalue weighted by atomic mass is 19.1. The van der Waals surface area contributed by atoms with Crippen LogP contribution in [0.3, 0.4) is 0 Å². The molecule has 6 nitrogen and oxygen atoms in total. The van der Waals surface area contributed by atoms with Crippen molar-refractivity contribution in [3.8, 4) is 0 Å². The number of para-hydroxylation sites is 1. The lowest BCUT2D eigenvalue weighted by molar-refractivity contribution is -0.133. The number of furan rings is 1. The highest BCUT2D eigenvalue weighted by Gasteiger charge is 2.24. The molecular formula is C24H26FN3O3. The van der Waals surface area contributed by atoms with Gasteiger partial charge in [0.25, 0.3) is 0 Å².